The summed E-state index contributed by atoms with van der Waals surface area (Å²) in [7, 11) is 0. The molecule has 1 aliphatic heterocycles. The summed E-state index contributed by atoms with van der Waals surface area (Å²) in [6.45, 7) is 0.319. The highest BCUT2D eigenvalue weighted by Gasteiger charge is 2.21. The zero-order valence-electron chi connectivity index (χ0n) is 8.70. The van der Waals surface area contributed by atoms with Crippen LogP contribution in [0.4, 0.5) is 10.1 Å². The van der Waals surface area contributed by atoms with Gasteiger partial charge in [0.2, 0.25) is 5.91 Å². The van der Waals surface area contributed by atoms with Crippen molar-refractivity contribution < 1.29 is 13.9 Å². The first-order chi connectivity index (χ1) is 7.65. The maximum Gasteiger partial charge on any atom is 0.220 e. The molecule has 1 saturated heterocycles. The van der Waals surface area contributed by atoms with E-state index in [0.29, 0.717) is 24.5 Å². The third-order valence-electron chi connectivity index (χ3n) is 2.50. The fraction of sp³-hybridized carbons (Fsp3) is 0.364. The smallest absolute Gasteiger partial charge is 0.220 e. The van der Waals surface area contributed by atoms with Crippen LogP contribution >= 0.6 is 0 Å². The van der Waals surface area contributed by atoms with E-state index in [9.17, 15) is 9.18 Å². The van der Waals surface area contributed by atoms with Crippen molar-refractivity contribution in [1.29, 1.82) is 0 Å². The molecule has 1 heterocycles. The molecule has 0 spiro atoms. The summed E-state index contributed by atoms with van der Waals surface area (Å²) in [5, 5.41) is 2.76. The average Bonchev–Trinajstić information content (AvgIpc) is 2.66. The molecular formula is C11H13FN2O2. The van der Waals surface area contributed by atoms with Crippen LogP contribution in [0.25, 0.3) is 0 Å². The molecule has 0 aromatic heterocycles. The number of nitrogens with one attached hydrogen (secondary N) is 1. The Morgan fingerprint density at radius 3 is 3.06 bits per heavy atom. The molecule has 1 aromatic rings. The highest BCUT2D eigenvalue weighted by Crippen LogP contribution is 2.22. The van der Waals surface area contributed by atoms with Gasteiger partial charge in [0.1, 0.15) is 18.2 Å². The first-order valence-corrected chi connectivity index (χ1v) is 5.12. The molecule has 1 fully saturated rings. The maximum absolute atomic E-state index is 12.9. The number of rotatable bonds is 3. The Morgan fingerprint density at radius 1 is 1.56 bits per heavy atom. The van der Waals surface area contributed by atoms with Gasteiger partial charge in [-0.05, 0) is 18.6 Å². The highest BCUT2D eigenvalue weighted by atomic mass is 19.1. The van der Waals surface area contributed by atoms with Gasteiger partial charge in [0.15, 0.2) is 0 Å². The van der Waals surface area contributed by atoms with Crippen LogP contribution in [-0.4, -0.2) is 18.6 Å². The van der Waals surface area contributed by atoms with E-state index in [4.69, 9.17) is 10.5 Å². The van der Waals surface area contributed by atoms with Gasteiger partial charge in [-0.2, -0.15) is 0 Å². The third-order valence-corrected chi connectivity index (χ3v) is 2.50. The molecule has 0 aliphatic carbocycles. The molecule has 86 valence electrons. The number of hydrogen-bond acceptors (Lipinski definition) is 3. The summed E-state index contributed by atoms with van der Waals surface area (Å²) in [5.74, 6) is -0.0402. The summed E-state index contributed by atoms with van der Waals surface area (Å²) < 4.78 is 18.3. The van der Waals surface area contributed by atoms with Gasteiger partial charge < -0.3 is 15.8 Å². The second-order valence-corrected chi connectivity index (χ2v) is 3.80. The molecule has 1 atom stereocenters. The second-order valence-electron chi connectivity index (χ2n) is 3.80. The van der Waals surface area contributed by atoms with Gasteiger partial charge in [-0.3, -0.25) is 4.79 Å². The van der Waals surface area contributed by atoms with Gasteiger partial charge in [-0.15, -0.1) is 0 Å². The van der Waals surface area contributed by atoms with Crippen molar-refractivity contribution in [2.45, 2.75) is 18.9 Å². The molecule has 4 nitrogen and oxygen atoms in total. The third kappa shape index (κ3) is 2.42. The minimum atomic E-state index is -0.389. The van der Waals surface area contributed by atoms with E-state index in [-0.39, 0.29) is 17.8 Å². The Morgan fingerprint density at radius 2 is 2.38 bits per heavy atom. The van der Waals surface area contributed by atoms with E-state index >= 15 is 0 Å². The molecule has 2 rings (SSSR count). The van der Waals surface area contributed by atoms with Crippen molar-refractivity contribution in [3.8, 4) is 5.75 Å². The molecular weight excluding hydrogens is 211 g/mol. The minimum Gasteiger partial charge on any atom is -0.489 e. The Kier molecular flexibility index (Phi) is 2.94. The Labute approximate surface area is 92.6 Å². The number of ether oxygens (including phenoxy) is 1. The number of carbonyl (C=O) groups excluding carboxylic acids is 1. The molecule has 1 unspecified atom stereocenters. The number of carbonyl (C=O) groups is 1. The summed E-state index contributed by atoms with van der Waals surface area (Å²) >= 11 is 0. The first kappa shape index (κ1) is 10.7. The summed E-state index contributed by atoms with van der Waals surface area (Å²) in [4.78, 5) is 10.9. The van der Waals surface area contributed by atoms with Crippen LogP contribution < -0.4 is 15.8 Å². The number of anilines is 1. The molecule has 0 radical (unpaired) electrons. The molecule has 3 N–H and O–H groups in total. The molecule has 1 amide bonds. The standard InChI is InChI=1S/C11H13FN2O2/c12-7-1-3-9(13)10(5-7)16-6-8-2-4-11(15)14-8/h1,3,5,8H,2,4,6,13H2,(H,14,15). The molecule has 0 saturated carbocycles. The van der Waals surface area contributed by atoms with Crippen molar-refractivity contribution in [2.24, 2.45) is 0 Å². The topological polar surface area (TPSA) is 64.3 Å². The van der Waals surface area contributed by atoms with Crippen LogP contribution in [0.3, 0.4) is 0 Å². The predicted molar refractivity (Wildman–Crippen MR) is 57.5 cm³/mol. The Balaban J connectivity index is 1.94. The van der Waals surface area contributed by atoms with E-state index in [0.717, 1.165) is 6.42 Å². The van der Waals surface area contributed by atoms with Crippen molar-refractivity contribution in [3.05, 3.63) is 24.0 Å². The number of benzene rings is 1. The minimum absolute atomic E-state index is 0.00447. The van der Waals surface area contributed by atoms with Gasteiger partial charge in [-0.25, -0.2) is 4.39 Å². The van der Waals surface area contributed by atoms with Crippen LogP contribution in [-0.2, 0) is 4.79 Å². The summed E-state index contributed by atoms with van der Waals surface area (Å²) in [6.07, 6.45) is 1.26. The van der Waals surface area contributed by atoms with Crippen LogP contribution in [0.2, 0.25) is 0 Å². The number of nitrogens with two attached hydrogens (primary N) is 1. The van der Waals surface area contributed by atoms with Crippen molar-refractivity contribution in [1.82, 2.24) is 5.32 Å². The van der Waals surface area contributed by atoms with Gasteiger partial charge in [0.25, 0.3) is 0 Å². The predicted octanol–water partition coefficient (Wildman–Crippen LogP) is 1.07. The average molecular weight is 224 g/mol. The van der Waals surface area contributed by atoms with E-state index in [1.807, 2.05) is 0 Å². The zero-order valence-corrected chi connectivity index (χ0v) is 8.70. The molecule has 5 heteroatoms. The van der Waals surface area contributed by atoms with Crippen molar-refractivity contribution in [3.63, 3.8) is 0 Å². The molecule has 0 bridgehead atoms. The zero-order chi connectivity index (χ0) is 11.5. The van der Waals surface area contributed by atoms with E-state index in [2.05, 4.69) is 5.32 Å². The quantitative estimate of drug-likeness (QED) is 0.755. The lowest BCUT2D eigenvalue weighted by Crippen LogP contribution is -2.31. The van der Waals surface area contributed by atoms with Gasteiger partial charge in [0, 0.05) is 12.5 Å². The van der Waals surface area contributed by atoms with Crippen LogP contribution in [0, 0.1) is 5.82 Å². The van der Waals surface area contributed by atoms with Crippen molar-refractivity contribution >= 4 is 11.6 Å². The highest BCUT2D eigenvalue weighted by molar-refractivity contribution is 5.78. The number of amides is 1. The summed E-state index contributed by atoms with van der Waals surface area (Å²) in [5.41, 5.74) is 6.02. The monoisotopic (exact) mass is 224 g/mol. The van der Waals surface area contributed by atoms with Crippen molar-refractivity contribution in [2.75, 3.05) is 12.3 Å². The van der Waals surface area contributed by atoms with Gasteiger partial charge >= 0.3 is 0 Å². The van der Waals surface area contributed by atoms with Crippen LogP contribution in [0.15, 0.2) is 18.2 Å². The van der Waals surface area contributed by atoms with E-state index < -0.39 is 0 Å². The second kappa shape index (κ2) is 4.38. The summed E-state index contributed by atoms with van der Waals surface area (Å²) in [6, 6.07) is 3.97. The Hall–Kier alpha value is -1.78. The van der Waals surface area contributed by atoms with E-state index in [1.165, 1.54) is 18.2 Å². The fourth-order valence-corrected chi connectivity index (χ4v) is 1.63. The maximum atomic E-state index is 12.9. The first-order valence-electron chi connectivity index (χ1n) is 5.12. The Bertz CT molecular complexity index is 409. The SMILES string of the molecule is Nc1ccc(F)cc1OCC1CCC(=O)N1. The van der Waals surface area contributed by atoms with Gasteiger partial charge in [0.05, 0.1) is 11.7 Å². The molecule has 16 heavy (non-hydrogen) atoms. The lowest BCUT2D eigenvalue weighted by Gasteiger charge is -2.13. The number of nitrogen functional groups attached to an aromatic ring is 1. The number of halogens is 1. The lowest BCUT2D eigenvalue weighted by molar-refractivity contribution is -0.119. The molecule has 1 aromatic carbocycles. The number of hydrogen-bond donors (Lipinski definition) is 2. The van der Waals surface area contributed by atoms with Gasteiger partial charge in [-0.1, -0.05) is 0 Å². The fourth-order valence-electron chi connectivity index (χ4n) is 1.63. The molecule has 1 aliphatic rings. The van der Waals surface area contributed by atoms with E-state index in [1.54, 1.807) is 0 Å². The van der Waals surface area contributed by atoms with Crippen LogP contribution in [0.1, 0.15) is 12.8 Å². The largest absolute Gasteiger partial charge is 0.489 e. The van der Waals surface area contributed by atoms with Crippen LogP contribution in [0.5, 0.6) is 5.75 Å². The lowest BCUT2D eigenvalue weighted by atomic mass is 10.2. The normalized spacial score (nSPS) is 19.6.